The first-order chi connectivity index (χ1) is 14.9. The van der Waals surface area contributed by atoms with Crippen molar-refractivity contribution in [3.05, 3.63) is 68.5 Å². The van der Waals surface area contributed by atoms with Crippen molar-refractivity contribution in [1.29, 1.82) is 0 Å². The van der Waals surface area contributed by atoms with Gasteiger partial charge in [0.1, 0.15) is 24.9 Å². The van der Waals surface area contributed by atoms with Gasteiger partial charge in [0.05, 0.1) is 5.56 Å². The predicted molar refractivity (Wildman–Crippen MR) is 109 cm³/mol. The Morgan fingerprint density at radius 3 is 2.65 bits per heavy atom. The van der Waals surface area contributed by atoms with Crippen LogP contribution in [0.3, 0.4) is 0 Å². The molecule has 0 saturated carbocycles. The molecule has 4 atom stereocenters. The van der Waals surface area contributed by atoms with E-state index < -0.39 is 41.8 Å². The molecule has 3 rings (SSSR count). The van der Waals surface area contributed by atoms with Crippen molar-refractivity contribution in [3.63, 3.8) is 0 Å². The predicted octanol–water partition coefficient (Wildman–Crippen LogP) is -0.0545. The van der Waals surface area contributed by atoms with E-state index in [0.29, 0.717) is 30.5 Å². The van der Waals surface area contributed by atoms with Gasteiger partial charge in [-0.15, -0.1) is 0 Å². The molecule has 1 aromatic heterocycles. The van der Waals surface area contributed by atoms with Crippen molar-refractivity contribution in [2.75, 3.05) is 13.2 Å². The zero-order chi connectivity index (χ0) is 22.4. The maximum atomic E-state index is 12.0. The number of carbonyl (C=O) groups excluding carboxylic acids is 1. The number of ether oxygens (including phenoxy) is 3. The van der Waals surface area contributed by atoms with Crippen LogP contribution in [0.4, 0.5) is 0 Å². The lowest BCUT2D eigenvalue weighted by Crippen LogP contribution is -2.35. The molecule has 1 aromatic carbocycles. The number of nitrogens with one attached hydrogen (secondary N) is 1. The minimum atomic E-state index is -1.27. The Morgan fingerprint density at radius 1 is 1.16 bits per heavy atom. The van der Waals surface area contributed by atoms with Crippen LogP contribution >= 0.6 is 0 Å². The number of unbranched alkanes of at least 4 members (excludes halogenated alkanes) is 1. The Hall–Kier alpha value is -2.79. The highest BCUT2D eigenvalue weighted by atomic mass is 16.7. The topological polar surface area (TPSA) is 140 Å². The average molecular weight is 434 g/mol. The summed E-state index contributed by atoms with van der Waals surface area (Å²) >= 11 is 0. The van der Waals surface area contributed by atoms with Crippen LogP contribution in [-0.2, 0) is 20.8 Å². The van der Waals surface area contributed by atoms with Crippen molar-refractivity contribution in [3.8, 4) is 0 Å². The molecule has 31 heavy (non-hydrogen) atoms. The van der Waals surface area contributed by atoms with Crippen LogP contribution in [0, 0.1) is 6.92 Å². The smallest absolute Gasteiger partial charge is 0.338 e. The Morgan fingerprint density at radius 2 is 1.90 bits per heavy atom. The molecule has 0 bridgehead atoms. The minimum Gasteiger partial charge on any atom is -0.459 e. The number of aliphatic hydroxyl groups is 2. The van der Waals surface area contributed by atoms with Crippen LogP contribution < -0.4 is 11.2 Å². The molecule has 0 radical (unpaired) electrons. The minimum absolute atomic E-state index is 0.222. The number of carbonyl (C=O) groups is 1. The second-order valence-corrected chi connectivity index (χ2v) is 7.33. The van der Waals surface area contributed by atoms with Gasteiger partial charge < -0.3 is 29.0 Å². The summed E-state index contributed by atoms with van der Waals surface area (Å²) in [5.74, 6) is -0.553. The fourth-order valence-corrected chi connectivity index (χ4v) is 3.17. The van der Waals surface area contributed by atoms with Gasteiger partial charge in [0, 0.05) is 24.9 Å². The molecule has 0 amide bonds. The fraction of sp³-hybridized carbons (Fsp3) is 0.476. The fourth-order valence-electron chi connectivity index (χ4n) is 3.17. The SMILES string of the molecule is Cc1cn(CCCCO[C@@H]2O[C@H](COC(=O)c3ccccc3)[C@H](O)[C@H]2O)c(=O)[nH]c1=O. The number of aromatic amines is 1. The van der Waals surface area contributed by atoms with E-state index in [1.54, 1.807) is 37.3 Å². The number of aliphatic hydroxyl groups excluding tert-OH is 2. The van der Waals surface area contributed by atoms with Crippen LogP contribution in [0.15, 0.2) is 46.1 Å². The van der Waals surface area contributed by atoms with E-state index in [4.69, 9.17) is 14.2 Å². The zero-order valence-electron chi connectivity index (χ0n) is 17.1. The van der Waals surface area contributed by atoms with E-state index in [1.807, 2.05) is 0 Å². The van der Waals surface area contributed by atoms with Gasteiger partial charge in [-0.1, -0.05) is 18.2 Å². The van der Waals surface area contributed by atoms with Crippen LogP contribution in [-0.4, -0.2) is 63.5 Å². The maximum absolute atomic E-state index is 12.0. The standard InChI is InChI=1S/C21H26N2O8/c1-13-11-23(21(28)22-18(13)26)9-5-6-10-29-20-17(25)16(24)15(31-20)12-30-19(27)14-7-3-2-4-8-14/h2-4,7-8,11,15-17,20,24-25H,5-6,9-10,12H2,1H3,(H,22,26,28)/t15-,16+,17-,20-/m1/s1. The summed E-state index contributed by atoms with van der Waals surface area (Å²) in [4.78, 5) is 37.4. The number of rotatable bonds is 9. The van der Waals surface area contributed by atoms with E-state index in [9.17, 15) is 24.6 Å². The zero-order valence-corrected chi connectivity index (χ0v) is 17.1. The van der Waals surface area contributed by atoms with Crippen LogP contribution in [0.2, 0.25) is 0 Å². The van der Waals surface area contributed by atoms with Gasteiger partial charge in [0.25, 0.3) is 5.56 Å². The van der Waals surface area contributed by atoms with Crippen LogP contribution in [0.25, 0.3) is 0 Å². The van der Waals surface area contributed by atoms with Crippen molar-refractivity contribution in [2.45, 2.75) is 50.9 Å². The number of esters is 1. The normalized spacial score (nSPS) is 23.1. The van der Waals surface area contributed by atoms with Gasteiger partial charge in [-0.3, -0.25) is 9.78 Å². The maximum Gasteiger partial charge on any atom is 0.338 e. The monoisotopic (exact) mass is 434 g/mol. The van der Waals surface area contributed by atoms with E-state index in [2.05, 4.69) is 4.98 Å². The Bertz CT molecular complexity index is 987. The summed E-state index contributed by atoms with van der Waals surface area (Å²) in [7, 11) is 0. The number of hydrogen-bond donors (Lipinski definition) is 3. The van der Waals surface area contributed by atoms with E-state index in [0.717, 1.165) is 0 Å². The first-order valence-electron chi connectivity index (χ1n) is 10.0. The van der Waals surface area contributed by atoms with Crippen LogP contribution in [0.1, 0.15) is 28.8 Å². The molecule has 10 nitrogen and oxygen atoms in total. The second-order valence-electron chi connectivity index (χ2n) is 7.33. The molecular formula is C21H26N2O8. The van der Waals surface area contributed by atoms with Gasteiger partial charge in [-0.2, -0.15) is 0 Å². The molecule has 0 aliphatic carbocycles. The van der Waals surface area contributed by atoms with Crippen molar-refractivity contribution in [1.82, 2.24) is 9.55 Å². The molecule has 3 N–H and O–H groups in total. The highest BCUT2D eigenvalue weighted by Gasteiger charge is 2.44. The lowest BCUT2D eigenvalue weighted by molar-refractivity contribution is -0.170. The lowest BCUT2D eigenvalue weighted by atomic mass is 10.1. The van der Waals surface area contributed by atoms with Gasteiger partial charge in [-0.05, 0) is 31.9 Å². The Balaban J connectivity index is 1.40. The lowest BCUT2D eigenvalue weighted by Gasteiger charge is -2.15. The van der Waals surface area contributed by atoms with Crippen molar-refractivity contribution >= 4 is 5.97 Å². The van der Waals surface area contributed by atoms with E-state index >= 15 is 0 Å². The molecule has 10 heteroatoms. The molecule has 0 unspecified atom stereocenters. The summed E-state index contributed by atoms with van der Waals surface area (Å²) in [6.07, 6.45) is -1.83. The summed E-state index contributed by atoms with van der Waals surface area (Å²) in [5.41, 5.74) is -0.0481. The Labute approximate surface area is 178 Å². The molecule has 1 aliphatic heterocycles. The molecule has 2 heterocycles. The Kier molecular flexibility index (Phi) is 7.75. The molecule has 2 aromatic rings. The molecule has 1 aliphatic rings. The third-order valence-corrected chi connectivity index (χ3v) is 4.97. The van der Waals surface area contributed by atoms with Gasteiger partial charge in [0.15, 0.2) is 6.29 Å². The summed E-state index contributed by atoms with van der Waals surface area (Å²) < 4.78 is 17.6. The molecule has 1 fully saturated rings. The number of aryl methyl sites for hydroxylation is 2. The number of hydrogen-bond acceptors (Lipinski definition) is 8. The summed E-state index contributed by atoms with van der Waals surface area (Å²) in [6.45, 7) is 2.02. The van der Waals surface area contributed by atoms with Crippen LogP contribution in [0.5, 0.6) is 0 Å². The molecule has 168 valence electrons. The van der Waals surface area contributed by atoms with E-state index in [-0.39, 0.29) is 13.2 Å². The third-order valence-electron chi connectivity index (χ3n) is 4.97. The number of H-pyrrole nitrogens is 1. The van der Waals surface area contributed by atoms with Gasteiger partial charge in [-0.25, -0.2) is 9.59 Å². The number of aromatic nitrogens is 2. The largest absolute Gasteiger partial charge is 0.459 e. The van der Waals surface area contributed by atoms with Crippen molar-refractivity contribution < 1.29 is 29.2 Å². The first-order valence-corrected chi connectivity index (χ1v) is 10.0. The van der Waals surface area contributed by atoms with Gasteiger partial charge in [0.2, 0.25) is 0 Å². The summed E-state index contributed by atoms with van der Waals surface area (Å²) in [6, 6.07) is 8.41. The summed E-state index contributed by atoms with van der Waals surface area (Å²) in [5, 5.41) is 20.2. The van der Waals surface area contributed by atoms with Crippen molar-refractivity contribution in [2.24, 2.45) is 0 Å². The molecule has 0 spiro atoms. The number of benzene rings is 1. The first kappa shape index (κ1) is 22.9. The van der Waals surface area contributed by atoms with Gasteiger partial charge >= 0.3 is 11.7 Å². The number of nitrogens with zero attached hydrogens (tertiary/aromatic N) is 1. The third kappa shape index (κ3) is 5.88. The quantitative estimate of drug-likeness (QED) is 0.369. The second kappa shape index (κ2) is 10.5. The highest BCUT2D eigenvalue weighted by Crippen LogP contribution is 2.23. The average Bonchev–Trinajstić information content (AvgIpc) is 3.03. The molecule has 1 saturated heterocycles. The molecular weight excluding hydrogens is 408 g/mol. The van der Waals surface area contributed by atoms with E-state index in [1.165, 1.54) is 10.8 Å². The highest BCUT2D eigenvalue weighted by molar-refractivity contribution is 5.89.